The molecule has 138 valence electrons. The minimum Gasteiger partial charge on any atom is -0.0985 e. The SMILES string of the molecule is C=C(C)P(C)C.C=CC(=C)c1cc2c(C=C)cccc2cc1C=C.CC. The van der Waals surface area contributed by atoms with E-state index in [2.05, 4.69) is 77.4 Å². The predicted octanol–water partition coefficient (Wildman–Crippen LogP) is 8.61. The van der Waals surface area contributed by atoms with E-state index >= 15 is 0 Å². The molecule has 2 rings (SSSR count). The molecule has 0 aliphatic heterocycles. The van der Waals surface area contributed by atoms with E-state index in [0.717, 1.165) is 22.3 Å². The van der Waals surface area contributed by atoms with Crippen LogP contribution in [0, 0.1) is 0 Å². The normalized spacial score (nSPS) is 9.31. The number of rotatable bonds is 5. The van der Waals surface area contributed by atoms with E-state index in [-0.39, 0.29) is 7.92 Å². The van der Waals surface area contributed by atoms with Gasteiger partial charge in [0, 0.05) is 0 Å². The van der Waals surface area contributed by atoms with Gasteiger partial charge in [-0.2, -0.15) is 0 Å². The average Bonchev–Trinajstić information content (AvgIpc) is 2.67. The fourth-order valence-electron chi connectivity index (χ4n) is 2.10. The van der Waals surface area contributed by atoms with Crippen molar-refractivity contribution in [1.82, 2.24) is 0 Å². The van der Waals surface area contributed by atoms with Gasteiger partial charge in [0.05, 0.1) is 0 Å². The van der Waals surface area contributed by atoms with E-state index in [1.54, 1.807) is 6.08 Å². The van der Waals surface area contributed by atoms with Gasteiger partial charge >= 0.3 is 0 Å². The van der Waals surface area contributed by atoms with E-state index in [1.807, 2.05) is 32.1 Å². The Labute approximate surface area is 162 Å². The Hall–Kier alpha value is -2.17. The van der Waals surface area contributed by atoms with E-state index in [1.165, 1.54) is 16.1 Å². The predicted molar refractivity (Wildman–Crippen MR) is 128 cm³/mol. The lowest BCUT2D eigenvalue weighted by Gasteiger charge is -2.10. The van der Waals surface area contributed by atoms with E-state index in [0.29, 0.717) is 0 Å². The van der Waals surface area contributed by atoms with Gasteiger partial charge in [0.15, 0.2) is 0 Å². The molecular formula is C25H33P. The molecule has 0 heterocycles. The molecule has 26 heavy (non-hydrogen) atoms. The van der Waals surface area contributed by atoms with Crippen LogP contribution in [0.3, 0.4) is 0 Å². The molecule has 0 N–H and O–H groups in total. The van der Waals surface area contributed by atoms with Crippen LogP contribution < -0.4 is 0 Å². The number of benzene rings is 2. The molecule has 2 aromatic rings. The second kappa shape index (κ2) is 12.2. The quantitative estimate of drug-likeness (QED) is 0.368. The van der Waals surface area contributed by atoms with E-state index in [4.69, 9.17) is 0 Å². The number of fused-ring (bicyclic) bond motifs is 1. The highest BCUT2D eigenvalue weighted by molar-refractivity contribution is 7.60. The lowest BCUT2D eigenvalue weighted by molar-refractivity contribution is 1.50. The van der Waals surface area contributed by atoms with Gasteiger partial charge in [0.2, 0.25) is 0 Å². The van der Waals surface area contributed by atoms with Crippen molar-refractivity contribution in [2.75, 3.05) is 13.3 Å². The summed E-state index contributed by atoms with van der Waals surface area (Å²) >= 11 is 0. The fraction of sp³-hybridized carbons (Fsp3) is 0.200. The zero-order valence-electron chi connectivity index (χ0n) is 17.1. The van der Waals surface area contributed by atoms with Gasteiger partial charge in [0.1, 0.15) is 0 Å². The Bertz CT molecular complexity index is 791. The average molecular weight is 365 g/mol. The van der Waals surface area contributed by atoms with Crippen LogP contribution in [0.2, 0.25) is 0 Å². The minimum atomic E-state index is 0.146. The molecule has 0 atom stereocenters. The summed E-state index contributed by atoms with van der Waals surface area (Å²) in [6.45, 7) is 29.8. The summed E-state index contributed by atoms with van der Waals surface area (Å²) in [5.74, 6) is 0. The van der Waals surface area contributed by atoms with Gasteiger partial charge in [-0.15, -0.1) is 0 Å². The third-order valence-electron chi connectivity index (χ3n) is 3.88. The van der Waals surface area contributed by atoms with Gasteiger partial charge in [-0.3, -0.25) is 0 Å². The largest absolute Gasteiger partial charge is 0.0985 e. The van der Waals surface area contributed by atoms with Crippen LogP contribution in [-0.2, 0) is 0 Å². The topological polar surface area (TPSA) is 0 Å². The highest BCUT2D eigenvalue weighted by Gasteiger charge is 2.06. The van der Waals surface area contributed by atoms with Crippen LogP contribution in [-0.4, -0.2) is 13.3 Å². The van der Waals surface area contributed by atoms with Crippen LogP contribution in [0.1, 0.15) is 37.5 Å². The summed E-state index contributed by atoms with van der Waals surface area (Å²) in [6, 6.07) is 10.4. The van der Waals surface area contributed by atoms with Crippen molar-refractivity contribution in [1.29, 1.82) is 0 Å². The van der Waals surface area contributed by atoms with Gasteiger partial charge in [-0.05, 0) is 65.4 Å². The van der Waals surface area contributed by atoms with Gasteiger partial charge in [-0.25, -0.2) is 0 Å². The lowest BCUT2D eigenvalue weighted by atomic mass is 9.94. The molecule has 0 saturated carbocycles. The van der Waals surface area contributed by atoms with Crippen LogP contribution in [0.4, 0.5) is 0 Å². The van der Waals surface area contributed by atoms with Gasteiger partial charge < -0.3 is 0 Å². The second-order valence-electron chi connectivity index (χ2n) is 5.78. The smallest absolute Gasteiger partial charge is 0.0105 e. The number of hydrogen-bond donors (Lipinski definition) is 0. The van der Waals surface area contributed by atoms with Crippen molar-refractivity contribution < 1.29 is 0 Å². The summed E-state index contributed by atoms with van der Waals surface area (Å²) in [5.41, 5.74) is 4.18. The Balaban J connectivity index is 0.000000667. The Kier molecular flexibility index (Phi) is 11.2. The first-order chi connectivity index (χ1) is 12.3. The Morgan fingerprint density at radius 1 is 0.923 bits per heavy atom. The van der Waals surface area contributed by atoms with Crippen LogP contribution in [0.15, 0.2) is 74.6 Å². The zero-order valence-corrected chi connectivity index (χ0v) is 18.0. The first-order valence-electron chi connectivity index (χ1n) is 8.81. The van der Waals surface area contributed by atoms with Crippen LogP contribution in [0.25, 0.3) is 28.5 Å². The molecule has 0 spiro atoms. The summed E-state index contributed by atoms with van der Waals surface area (Å²) in [5, 5.41) is 3.68. The minimum absolute atomic E-state index is 0.146. The Morgan fingerprint density at radius 2 is 1.46 bits per heavy atom. The second-order valence-corrected chi connectivity index (χ2v) is 8.33. The van der Waals surface area contributed by atoms with Crippen molar-refractivity contribution >= 4 is 36.4 Å². The molecule has 1 heteroatoms. The van der Waals surface area contributed by atoms with Gasteiger partial charge in [0.25, 0.3) is 0 Å². The van der Waals surface area contributed by atoms with Crippen molar-refractivity contribution in [3.63, 3.8) is 0 Å². The third-order valence-corrected chi connectivity index (χ3v) is 5.41. The number of hydrogen-bond acceptors (Lipinski definition) is 0. The van der Waals surface area contributed by atoms with Crippen LogP contribution in [0.5, 0.6) is 0 Å². The molecule has 0 fully saturated rings. The molecule has 0 radical (unpaired) electrons. The standard InChI is InChI=1S/C18H16.C5H11P.C2H6/c1-5-13(4)17-12-18-14(6-2)9-8-10-16(18)11-15(17)7-3;1-5(2)6(3)4;1-2/h5-12H,1-4H2;1H2,2-4H3;1-2H3. The third kappa shape index (κ3) is 6.62. The van der Waals surface area contributed by atoms with Crippen LogP contribution >= 0.6 is 7.92 Å². The Morgan fingerprint density at radius 3 is 1.88 bits per heavy atom. The molecule has 2 aromatic carbocycles. The highest BCUT2D eigenvalue weighted by Crippen LogP contribution is 2.33. The highest BCUT2D eigenvalue weighted by atomic mass is 31.1. The monoisotopic (exact) mass is 364 g/mol. The lowest BCUT2D eigenvalue weighted by Crippen LogP contribution is -1.88. The van der Waals surface area contributed by atoms with Crippen molar-refractivity contribution in [3.05, 3.63) is 91.3 Å². The summed E-state index contributed by atoms with van der Waals surface area (Å²) in [4.78, 5) is 0. The maximum atomic E-state index is 4.02. The summed E-state index contributed by atoms with van der Waals surface area (Å²) in [7, 11) is 0.146. The first-order valence-corrected chi connectivity index (χ1v) is 11.1. The molecule has 0 amide bonds. The maximum Gasteiger partial charge on any atom is -0.0105 e. The molecule has 0 aromatic heterocycles. The molecule has 0 bridgehead atoms. The maximum absolute atomic E-state index is 4.02. The van der Waals surface area contributed by atoms with Crippen molar-refractivity contribution in [2.45, 2.75) is 20.8 Å². The van der Waals surface area contributed by atoms with Crippen molar-refractivity contribution in [2.24, 2.45) is 0 Å². The first kappa shape index (κ1) is 23.8. The molecular weight excluding hydrogens is 331 g/mol. The molecule has 0 aliphatic carbocycles. The molecule has 0 nitrogen and oxygen atoms in total. The zero-order chi connectivity index (χ0) is 20.3. The molecule has 0 saturated heterocycles. The van der Waals surface area contributed by atoms with Crippen molar-refractivity contribution in [3.8, 4) is 0 Å². The number of allylic oxidation sites excluding steroid dienone is 3. The summed E-state index contributed by atoms with van der Waals surface area (Å²) in [6.07, 6.45) is 5.49. The fourth-order valence-corrected chi connectivity index (χ4v) is 2.10. The summed E-state index contributed by atoms with van der Waals surface area (Å²) < 4.78 is 0. The molecule has 0 unspecified atom stereocenters. The van der Waals surface area contributed by atoms with E-state index in [9.17, 15) is 0 Å². The van der Waals surface area contributed by atoms with Gasteiger partial charge in [-0.1, -0.05) is 96.4 Å². The van der Waals surface area contributed by atoms with E-state index < -0.39 is 0 Å². The molecule has 0 aliphatic rings.